The first-order valence-electron chi connectivity index (χ1n) is 17.6. The molecule has 2 saturated heterocycles. The summed E-state index contributed by atoms with van der Waals surface area (Å²) in [5, 5.41) is 25.9. The molecule has 0 unspecified atom stereocenters. The zero-order valence-electron chi connectivity index (χ0n) is 28.1. The molecule has 9 rings (SSSR count). The maximum Gasteiger partial charge on any atom is 0.252 e. The van der Waals surface area contributed by atoms with Crippen molar-refractivity contribution in [3.63, 3.8) is 0 Å². The summed E-state index contributed by atoms with van der Waals surface area (Å²) >= 11 is 0. The van der Waals surface area contributed by atoms with Gasteiger partial charge in [-0.1, -0.05) is 24.3 Å². The fourth-order valence-corrected chi connectivity index (χ4v) is 9.41. The Bertz CT molecular complexity index is 2010. The lowest BCUT2D eigenvalue weighted by Gasteiger charge is -2.73. The minimum absolute atomic E-state index is 0.0247. The first-order chi connectivity index (χ1) is 24.2. The number of piperazine rings is 1. The summed E-state index contributed by atoms with van der Waals surface area (Å²) in [6.45, 7) is 6.70. The van der Waals surface area contributed by atoms with E-state index in [1.165, 1.54) is 5.56 Å². The van der Waals surface area contributed by atoms with Crippen LogP contribution in [0.3, 0.4) is 0 Å². The summed E-state index contributed by atoms with van der Waals surface area (Å²) in [5.41, 5.74) is 10.5. The van der Waals surface area contributed by atoms with Crippen LogP contribution in [0.4, 0.5) is 17.2 Å². The molecule has 2 aromatic carbocycles. The summed E-state index contributed by atoms with van der Waals surface area (Å²) in [6, 6.07) is 15.3. The van der Waals surface area contributed by atoms with E-state index in [0.717, 1.165) is 69.0 Å². The van der Waals surface area contributed by atoms with Crippen LogP contribution in [0.25, 0.3) is 16.9 Å². The van der Waals surface area contributed by atoms with Gasteiger partial charge in [0.15, 0.2) is 5.82 Å². The van der Waals surface area contributed by atoms with Gasteiger partial charge in [0.1, 0.15) is 29.3 Å². The maximum atomic E-state index is 13.2. The van der Waals surface area contributed by atoms with Crippen molar-refractivity contribution in [1.82, 2.24) is 30.2 Å². The minimum atomic E-state index is -0.796. The number of hydrogen-bond donors (Lipinski definition) is 3. The van der Waals surface area contributed by atoms with Crippen molar-refractivity contribution in [2.45, 2.75) is 61.9 Å². The fraction of sp³-hybridized carbons (Fsp3) is 0.432. The Labute approximate surface area is 290 Å². The van der Waals surface area contributed by atoms with E-state index in [2.05, 4.69) is 53.5 Å². The predicted octanol–water partition coefficient (Wildman–Crippen LogP) is 3.40. The van der Waals surface area contributed by atoms with Crippen molar-refractivity contribution >= 4 is 29.0 Å². The number of nitrogens with one attached hydrogen (secondary N) is 1. The second kappa shape index (κ2) is 11.2. The van der Waals surface area contributed by atoms with Crippen LogP contribution in [-0.4, -0.2) is 92.2 Å². The van der Waals surface area contributed by atoms with Crippen LogP contribution in [0.1, 0.15) is 51.0 Å². The smallest absolute Gasteiger partial charge is 0.252 e. The van der Waals surface area contributed by atoms with E-state index in [4.69, 9.17) is 10.5 Å². The lowest BCUT2D eigenvalue weighted by atomic mass is 9.39. The Hall–Kier alpha value is -5.17. The molecule has 50 heavy (non-hydrogen) atoms. The van der Waals surface area contributed by atoms with E-state index in [0.29, 0.717) is 42.9 Å². The Balaban J connectivity index is 0.931. The molecule has 1 atom stereocenters. The Morgan fingerprint density at radius 2 is 1.72 bits per heavy atom. The topological polar surface area (TPSA) is 155 Å². The van der Waals surface area contributed by atoms with E-state index in [9.17, 15) is 14.7 Å². The van der Waals surface area contributed by atoms with Gasteiger partial charge in [-0.15, -0.1) is 10.2 Å². The first kappa shape index (κ1) is 30.9. The SMILES string of the molecule is C[C@@]1(N2CCOc3c2cccc3C23CCC2(N2CCN(c4cnn(-c5cc(-c6ccccc6O)nnc5N)c4)CC2)CC3)CCC(=O)NC1=O. The van der Waals surface area contributed by atoms with Gasteiger partial charge in [0.05, 0.1) is 36.0 Å². The van der Waals surface area contributed by atoms with Crippen molar-refractivity contribution in [3.05, 3.63) is 66.5 Å². The first-order valence-corrected chi connectivity index (χ1v) is 17.6. The summed E-state index contributed by atoms with van der Waals surface area (Å²) < 4.78 is 8.20. The van der Waals surface area contributed by atoms with Gasteiger partial charge in [-0.25, -0.2) is 4.68 Å². The van der Waals surface area contributed by atoms with Crippen molar-refractivity contribution < 1.29 is 19.4 Å². The third-order valence-electron chi connectivity index (χ3n) is 12.4. The lowest BCUT2D eigenvalue weighted by Crippen LogP contribution is -2.77. The zero-order valence-corrected chi connectivity index (χ0v) is 28.1. The third kappa shape index (κ3) is 4.38. The molecule has 5 heterocycles. The Kier molecular flexibility index (Phi) is 6.90. The lowest BCUT2D eigenvalue weighted by molar-refractivity contribution is -0.150. The maximum absolute atomic E-state index is 13.2. The molecule has 13 nitrogen and oxygen atoms in total. The summed E-state index contributed by atoms with van der Waals surface area (Å²) in [7, 11) is 0. The number of hydrogen-bond acceptors (Lipinski definition) is 11. The molecule has 2 amide bonds. The molecule has 4 fully saturated rings. The number of piperidine rings is 1. The fourth-order valence-electron chi connectivity index (χ4n) is 9.41. The number of anilines is 3. The number of nitrogens with zero attached hydrogens (tertiary/aromatic N) is 7. The van der Waals surface area contributed by atoms with Crippen LogP contribution < -0.4 is 25.6 Å². The van der Waals surface area contributed by atoms with Crippen LogP contribution in [0.5, 0.6) is 11.5 Å². The molecule has 2 aromatic heterocycles. The highest BCUT2D eigenvalue weighted by Gasteiger charge is 2.69. The summed E-state index contributed by atoms with van der Waals surface area (Å²) in [5.74, 6) is 0.867. The van der Waals surface area contributed by atoms with Gasteiger partial charge in [-0.3, -0.25) is 19.8 Å². The van der Waals surface area contributed by atoms with Crippen LogP contribution in [0.15, 0.2) is 60.9 Å². The van der Waals surface area contributed by atoms with E-state index in [1.54, 1.807) is 28.9 Å². The molecule has 4 aromatic rings. The molecule has 258 valence electrons. The summed E-state index contributed by atoms with van der Waals surface area (Å²) in [6.07, 6.45) is 9.24. The number of benzene rings is 2. The molecule has 3 aliphatic heterocycles. The molecule has 0 radical (unpaired) electrons. The highest BCUT2D eigenvalue weighted by atomic mass is 16.5. The number of imide groups is 1. The van der Waals surface area contributed by atoms with Gasteiger partial charge < -0.3 is 25.4 Å². The normalized spacial score (nSPS) is 27.8. The van der Waals surface area contributed by atoms with Crippen molar-refractivity contribution in [2.75, 3.05) is 54.9 Å². The molecule has 0 spiro atoms. The number of nitrogen functional groups attached to an aromatic ring is 1. The van der Waals surface area contributed by atoms with Crippen molar-refractivity contribution in [3.8, 4) is 28.4 Å². The Morgan fingerprint density at radius 1 is 0.920 bits per heavy atom. The molecule has 2 aliphatic carbocycles. The predicted molar refractivity (Wildman–Crippen MR) is 187 cm³/mol. The van der Waals surface area contributed by atoms with E-state index < -0.39 is 5.54 Å². The molecule has 0 bridgehead atoms. The van der Waals surface area contributed by atoms with E-state index in [1.807, 2.05) is 25.4 Å². The van der Waals surface area contributed by atoms with Gasteiger partial charge in [0, 0.05) is 54.7 Å². The number of aromatic nitrogens is 4. The number of nitrogens with two attached hydrogens (primary N) is 1. The molecule has 13 heteroatoms. The number of carbonyl (C=O) groups excluding carboxylic acids is 2. The number of amides is 2. The molecular weight excluding hydrogens is 634 g/mol. The highest BCUT2D eigenvalue weighted by molar-refractivity contribution is 6.04. The molecule has 2 saturated carbocycles. The number of ether oxygens (including phenoxy) is 1. The second-order valence-electron chi connectivity index (χ2n) is 14.6. The third-order valence-corrected chi connectivity index (χ3v) is 12.4. The molecule has 5 aliphatic rings. The average Bonchev–Trinajstić information content (AvgIpc) is 3.62. The Morgan fingerprint density at radius 3 is 2.46 bits per heavy atom. The molecular formula is C37H41N9O4. The monoisotopic (exact) mass is 675 g/mol. The second-order valence-corrected chi connectivity index (χ2v) is 14.6. The van der Waals surface area contributed by atoms with Gasteiger partial charge in [0.2, 0.25) is 5.91 Å². The number of carbonyl (C=O) groups is 2. The van der Waals surface area contributed by atoms with Gasteiger partial charge in [-0.2, -0.15) is 5.10 Å². The highest BCUT2D eigenvalue weighted by Crippen LogP contribution is 2.69. The number of phenolic OH excluding ortho intramolecular Hbond substituents is 1. The minimum Gasteiger partial charge on any atom is -0.507 e. The number of rotatable bonds is 6. The van der Waals surface area contributed by atoms with Crippen molar-refractivity contribution in [1.29, 1.82) is 0 Å². The van der Waals surface area contributed by atoms with Gasteiger partial charge >= 0.3 is 0 Å². The zero-order chi connectivity index (χ0) is 34.3. The van der Waals surface area contributed by atoms with Crippen LogP contribution in [-0.2, 0) is 15.0 Å². The quantitative estimate of drug-likeness (QED) is 0.258. The van der Waals surface area contributed by atoms with Crippen LogP contribution in [0, 0.1) is 0 Å². The van der Waals surface area contributed by atoms with Crippen LogP contribution in [0.2, 0.25) is 0 Å². The van der Waals surface area contributed by atoms with E-state index >= 15 is 0 Å². The van der Waals surface area contributed by atoms with Crippen LogP contribution >= 0.6 is 0 Å². The number of fused-ring (bicyclic) bond motifs is 2. The van der Waals surface area contributed by atoms with Crippen molar-refractivity contribution in [2.24, 2.45) is 0 Å². The standard InChI is InChI=1S/C37H41N9O4/c1-35(10-9-31(48)40-34(35)49)45-19-20-50-32-26(6-4-7-28(32)45)36-11-13-37(36,14-12-36)44-17-15-43(16-18-44)24-22-39-46(23-24)29-21-27(41-42-33(29)38)25-5-2-3-8-30(25)47/h2-8,21-23,47H,9-20H2,1H3,(H2,38,42)(H,40,48,49)/t35-,36?,37?/m1/s1. The van der Waals surface area contributed by atoms with E-state index in [-0.39, 0.29) is 34.3 Å². The van der Waals surface area contributed by atoms with Gasteiger partial charge in [-0.05, 0) is 63.3 Å². The average molecular weight is 676 g/mol. The number of para-hydroxylation sites is 2. The molecule has 4 N–H and O–H groups in total. The summed E-state index contributed by atoms with van der Waals surface area (Å²) in [4.78, 5) is 32.4. The number of aromatic hydroxyl groups is 1. The number of phenols is 1. The largest absolute Gasteiger partial charge is 0.507 e. The van der Waals surface area contributed by atoms with Gasteiger partial charge in [0.25, 0.3) is 5.91 Å².